The predicted molar refractivity (Wildman–Crippen MR) is 124 cm³/mol. The number of carbonyl (C=O) groups is 1. The van der Waals surface area contributed by atoms with Crippen molar-refractivity contribution in [2.75, 3.05) is 26.3 Å². The van der Waals surface area contributed by atoms with Gasteiger partial charge in [-0.3, -0.25) is 4.79 Å². The topological polar surface area (TPSA) is 75.7 Å². The van der Waals surface area contributed by atoms with Crippen molar-refractivity contribution in [2.24, 2.45) is 0 Å². The van der Waals surface area contributed by atoms with Crippen molar-refractivity contribution in [3.63, 3.8) is 0 Å². The van der Waals surface area contributed by atoms with Crippen LogP contribution in [0.4, 0.5) is 4.39 Å². The number of rotatable bonds is 6. The average Bonchev–Trinajstić information content (AvgIpc) is 2.83. The molecule has 2 aliphatic heterocycles. The number of nitrogens with one attached hydrogen (secondary N) is 1. The number of ether oxygens (including phenoxy) is 1. The van der Waals surface area contributed by atoms with Crippen LogP contribution < -0.4 is 5.32 Å². The SMILES string of the molecule is CC1CCCCN1S(=O)(=O)c1cccc(C(=O)NCC2(c3cccc(F)c3)CCOCC2)c1. The number of hydrogen-bond donors (Lipinski definition) is 1. The van der Waals surface area contributed by atoms with Crippen LogP contribution in [0.3, 0.4) is 0 Å². The molecule has 2 aromatic carbocycles. The summed E-state index contributed by atoms with van der Waals surface area (Å²) in [6.45, 7) is 3.81. The summed E-state index contributed by atoms with van der Waals surface area (Å²) in [6, 6.07) is 12.6. The molecule has 2 saturated heterocycles. The third-order valence-corrected chi connectivity index (χ3v) is 8.93. The Kier molecular flexibility index (Phi) is 7.16. The minimum atomic E-state index is -3.67. The Hall–Kier alpha value is -2.29. The van der Waals surface area contributed by atoms with Crippen LogP contribution in [-0.4, -0.2) is 51.0 Å². The molecule has 33 heavy (non-hydrogen) atoms. The van der Waals surface area contributed by atoms with Crippen LogP contribution in [-0.2, 0) is 20.2 Å². The van der Waals surface area contributed by atoms with Gasteiger partial charge in [-0.2, -0.15) is 4.31 Å². The van der Waals surface area contributed by atoms with Crippen molar-refractivity contribution in [3.8, 4) is 0 Å². The van der Waals surface area contributed by atoms with E-state index in [0.717, 1.165) is 24.8 Å². The van der Waals surface area contributed by atoms with E-state index in [9.17, 15) is 17.6 Å². The largest absolute Gasteiger partial charge is 0.381 e. The molecule has 1 N–H and O–H groups in total. The van der Waals surface area contributed by atoms with Gasteiger partial charge in [-0.05, 0) is 68.5 Å². The van der Waals surface area contributed by atoms with Crippen LogP contribution in [0.25, 0.3) is 0 Å². The Balaban J connectivity index is 1.53. The minimum absolute atomic E-state index is 0.0547. The second kappa shape index (κ2) is 9.91. The summed E-state index contributed by atoms with van der Waals surface area (Å²) in [5.74, 6) is -0.657. The van der Waals surface area contributed by atoms with Crippen LogP contribution in [0.15, 0.2) is 53.4 Å². The van der Waals surface area contributed by atoms with E-state index in [-0.39, 0.29) is 22.7 Å². The molecule has 0 radical (unpaired) electrons. The highest BCUT2D eigenvalue weighted by molar-refractivity contribution is 7.89. The molecule has 1 unspecified atom stereocenters. The Labute approximate surface area is 195 Å². The molecule has 178 valence electrons. The summed E-state index contributed by atoms with van der Waals surface area (Å²) in [6.07, 6.45) is 4.03. The van der Waals surface area contributed by atoms with Gasteiger partial charge in [0, 0.05) is 43.3 Å². The lowest BCUT2D eigenvalue weighted by Gasteiger charge is -2.38. The van der Waals surface area contributed by atoms with Gasteiger partial charge in [-0.25, -0.2) is 12.8 Å². The van der Waals surface area contributed by atoms with E-state index in [2.05, 4.69) is 5.32 Å². The second-order valence-electron chi connectivity index (χ2n) is 9.07. The van der Waals surface area contributed by atoms with Crippen LogP contribution >= 0.6 is 0 Å². The first kappa shape index (κ1) is 23.9. The van der Waals surface area contributed by atoms with E-state index in [0.29, 0.717) is 44.7 Å². The molecule has 6 nitrogen and oxygen atoms in total. The number of piperidine rings is 1. The van der Waals surface area contributed by atoms with E-state index in [1.54, 1.807) is 24.3 Å². The van der Waals surface area contributed by atoms with E-state index >= 15 is 0 Å². The molecule has 0 aliphatic carbocycles. The van der Waals surface area contributed by atoms with E-state index in [1.807, 2.05) is 13.0 Å². The number of benzene rings is 2. The number of hydrogen-bond acceptors (Lipinski definition) is 4. The van der Waals surface area contributed by atoms with Crippen LogP contribution in [0.2, 0.25) is 0 Å². The molecule has 0 bridgehead atoms. The molecule has 0 saturated carbocycles. The highest BCUT2D eigenvalue weighted by Gasteiger charge is 2.35. The molecule has 0 aromatic heterocycles. The average molecular weight is 475 g/mol. The maximum absolute atomic E-state index is 13.9. The Morgan fingerprint density at radius 3 is 2.64 bits per heavy atom. The van der Waals surface area contributed by atoms with Crippen molar-refractivity contribution < 1.29 is 22.3 Å². The maximum atomic E-state index is 13.9. The molecule has 2 aromatic rings. The molecule has 2 fully saturated rings. The fourth-order valence-electron chi connectivity index (χ4n) is 4.86. The van der Waals surface area contributed by atoms with Gasteiger partial charge in [0.2, 0.25) is 10.0 Å². The highest BCUT2D eigenvalue weighted by atomic mass is 32.2. The normalized spacial score (nSPS) is 21.5. The summed E-state index contributed by atoms with van der Waals surface area (Å²) in [5.41, 5.74) is 0.701. The fraction of sp³-hybridized carbons (Fsp3) is 0.480. The summed E-state index contributed by atoms with van der Waals surface area (Å²) in [5, 5.41) is 2.97. The van der Waals surface area contributed by atoms with E-state index < -0.39 is 15.4 Å². The van der Waals surface area contributed by atoms with E-state index in [4.69, 9.17) is 4.74 Å². The molecule has 4 rings (SSSR count). The zero-order valence-corrected chi connectivity index (χ0v) is 19.7. The number of carbonyl (C=O) groups excluding carboxylic acids is 1. The third-order valence-electron chi connectivity index (χ3n) is 6.92. The zero-order valence-electron chi connectivity index (χ0n) is 18.9. The van der Waals surface area contributed by atoms with Crippen molar-refractivity contribution in [2.45, 2.75) is 55.4 Å². The first-order chi connectivity index (χ1) is 15.8. The van der Waals surface area contributed by atoms with Gasteiger partial charge in [0.05, 0.1) is 4.90 Å². The Bertz CT molecular complexity index is 1100. The summed E-state index contributed by atoms with van der Waals surface area (Å²) >= 11 is 0. The number of amides is 1. The van der Waals surface area contributed by atoms with Gasteiger partial charge in [-0.1, -0.05) is 24.6 Å². The standard InChI is InChI=1S/C25H31FN2O4S/c1-19-6-2-3-13-28(19)33(30,31)23-10-4-7-20(16-23)24(29)27-18-25(11-14-32-15-12-25)21-8-5-9-22(26)17-21/h4-5,7-10,16-17,19H,2-3,6,11-15,18H2,1H3,(H,27,29). The minimum Gasteiger partial charge on any atom is -0.381 e. The summed E-state index contributed by atoms with van der Waals surface area (Å²) in [7, 11) is -3.67. The Morgan fingerprint density at radius 2 is 1.91 bits per heavy atom. The molecule has 1 amide bonds. The van der Waals surface area contributed by atoms with Gasteiger partial charge < -0.3 is 10.1 Å². The van der Waals surface area contributed by atoms with Crippen LogP contribution in [0.5, 0.6) is 0 Å². The highest BCUT2D eigenvalue weighted by Crippen LogP contribution is 2.35. The van der Waals surface area contributed by atoms with Gasteiger partial charge in [0.15, 0.2) is 0 Å². The van der Waals surface area contributed by atoms with Gasteiger partial charge in [0.25, 0.3) is 5.91 Å². The quantitative estimate of drug-likeness (QED) is 0.690. The number of sulfonamides is 1. The Morgan fingerprint density at radius 1 is 1.15 bits per heavy atom. The molecule has 2 aliphatic rings. The van der Waals surface area contributed by atoms with Crippen LogP contribution in [0.1, 0.15) is 54.9 Å². The number of nitrogens with zero attached hydrogens (tertiary/aromatic N) is 1. The van der Waals surface area contributed by atoms with Gasteiger partial charge in [0.1, 0.15) is 5.82 Å². The maximum Gasteiger partial charge on any atom is 0.251 e. The molecule has 8 heteroatoms. The lowest BCUT2D eigenvalue weighted by molar-refractivity contribution is 0.0486. The predicted octanol–water partition coefficient (Wildman–Crippen LogP) is 3.87. The fourth-order valence-corrected chi connectivity index (χ4v) is 6.61. The van der Waals surface area contributed by atoms with Crippen molar-refractivity contribution >= 4 is 15.9 Å². The molecular formula is C25H31FN2O4S. The third kappa shape index (κ3) is 5.13. The second-order valence-corrected chi connectivity index (χ2v) is 11.0. The summed E-state index contributed by atoms with van der Waals surface area (Å²) in [4.78, 5) is 13.2. The summed E-state index contributed by atoms with van der Waals surface area (Å²) < 4.78 is 47.3. The molecule has 1 atom stereocenters. The van der Waals surface area contributed by atoms with Gasteiger partial charge in [-0.15, -0.1) is 0 Å². The molecule has 0 spiro atoms. The van der Waals surface area contributed by atoms with Crippen molar-refractivity contribution in [1.29, 1.82) is 0 Å². The lowest BCUT2D eigenvalue weighted by Crippen LogP contribution is -2.44. The first-order valence-corrected chi connectivity index (χ1v) is 13.0. The smallest absolute Gasteiger partial charge is 0.251 e. The molecule has 2 heterocycles. The van der Waals surface area contributed by atoms with Crippen molar-refractivity contribution in [3.05, 3.63) is 65.5 Å². The zero-order chi connectivity index (χ0) is 23.5. The number of halogens is 1. The van der Waals surface area contributed by atoms with Gasteiger partial charge >= 0.3 is 0 Å². The molecular weight excluding hydrogens is 443 g/mol. The van der Waals surface area contributed by atoms with Crippen LogP contribution in [0, 0.1) is 5.82 Å². The first-order valence-electron chi connectivity index (χ1n) is 11.6. The van der Waals surface area contributed by atoms with Crippen molar-refractivity contribution in [1.82, 2.24) is 9.62 Å². The monoisotopic (exact) mass is 474 g/mol. The lowest BCUT2D eigenvalue weighted by atomic mass is 9.74. The van der Waals surface area contributed by atoms with E-state index in [1.165, 1.54) is 22.5 Å².